The first-order chi connectivity index (χ1) is 18.5. The molecule has 0 aliphatic rings. The highest BCUT2D eigenvalue weighted by molar-refractivity contribution is 6.08. The molecule has 0 aliphatic carbocycles. The standard InChI is InChI=1S/C33H26N2O3/c36-31(28-14-8-16-30(24-28)35-33(38)22-19-26-11-5-2-6-12-26)20-17-27-13-7-15-29(23-27)34-32(37)21-18-25-9-3-1-4-10-25/h1-24H,(H,34,37)(H,35,38). The number of carbonyl (C=O) groups excluding carboxylic acids is 3. The Bertz CT molecular complexity index is 1500. The Morgan fingerprint density at radius 1 is 0.474 bits per heavy atom. The van der Waals surface area contributed by atoms with Gasteiger partial charge in [0, 0.05) is 29.1 Å². The molecule has 4 aromatic carbocycles. The van der Waals surface area contributed by atoms with E-state index in [1.807, 2.05) is 66.7 Å². The van der Waals surface area contributed by atoms with E-state index in [0.717, 1.165) is 16.7 Å². The van der Waals surface area contributed by atoms with Crippen LogP contribution < -0.4 is 10.6 Å². The highest BCUT2D eigenvalue weighted by Gasteiger charge is 2.05. The van der Waals surface area contributed by atoms with E-state index in [4.69, 9.17) is 0 Å². The number of hydrogen-bond acceptors (Lipinski definition) is 3. The van der Waals surface area contributed by atoms with Gasteiger partial charge in [-0.15, -0.1) is 0 Å². The Hall–Kier alpha value is -5.29. The average Bonchev–Trinajstić information content (AvgIpc) is 2.95. The van der Waals surface area contributed by atoms with Crippen LogP contribution in [-0.4, -0.2) is 17.6 Å². The Morgan fingerprint density at radius 3 is 1.53 bits per heavy atom. The first kappa shape index (κ1) is 25.8. The van der Waals surface area contributed by atoms with Gasteiger partial charge in [0.2, 0.25) is 11.8 Å². The van der Waals surface area contributed by atoms with Gasteiger partial charge in [-0.2, -0.15) is 0 Å². The molecular weight excluding hydrogens is 472 g/mol. The summed E-state index contributed by atoms with van der Waals surface area (Å²) in [6.45, 7) is 0. The van der Waals surface area contributed by atoms with Crippen LogP contribution in [0.2, 0.25) is 0 Å². The molecule has 0 saturated heterocycles. The molecule has 186 valence electrons. The Labute approximate surface area is 221 Å². The second-order valence-electron chi connectivity index (χ2n) is 8.37. The minimum Gasteiger partial charge on any atom is -0.322 e. The van der Waals surface area contributed by atoms with E-state index >= 15 is 0 Å². The van der Waals surface area contributed by atoms with Gasteiger partial charge in [-0.1, -0.05) is 91.0 Å². The summed E-state index contributed by atoms with van der Waals surface area (Å²) in [5.41, 5.74) is 4.21. The van der Waals surface area contributed by atoms with Gasteiger partial charge in [0.25, 0.3) is 0 Å². The maximum Gasteiger partial charge on any atom is 0.248 e. The lowest BCUT2D eigenvalue weighted by Gasteiger charge is -2.05. The molecule has 2 amide bonds. The molecule has 4 rings (SSSR count). The predicted octanol–water partition coefficient (Wildman–Crippen LogP) is 6.89. The summed E-state index contributed by atoms with van der Waals surface area (Å²) in [5.74, 6) is -0.740. The highest BCUT2D eigenvalue weighted by atomic mass is 16.2. The number of anilines is 2. The van der Waals surface area contributed by atoms with Gasteiger partial charge in [-0.25, -0.2) is 0 Å². The van der Waals surface area contributed by atoms with Crippen molar-refractivity contribution < 1.29 is 14.4 Å². The largest absolute Gasteiger partial charge is 0.322 e. The molecular formula is C33H26N2O3. The summed E-state index contributed by atoms with van der Waals surface area (Å²) in [4.78, 5) is 37.3. The van der Waals surface area contributed by atoms with Crippen LogP contribution in [-0.2, 0) is 9.59 Å². The van der Waals surface area contributed by atoms with Crippen LogP contribution in [0.4, 0.5) is 11.4 Å². The van der Waals surface area contributed by atoms with E-state index in [2.05, 4.69) is 10.6 Å². The molecule has 0 fully saturated rings. The number of rotatable bonds is 9. The zero-order valence-electron chi connectivity index (χ0n) is 20.6. The van der Waals surface area contributed by atoms with Crippen LogP contribution in [0.15, 0.2) is 127 Å². The summed E-state index contributed by atoms with van der Waals surface area (Å²) < 4.78 is 0. The van der Waals surface area contributed by atoms with Crippen LogP contribution in [0.25, 0.3) is 18.2 Å². The zero-order chi connectivity index (χ0) is 26.6. The molecule has 4 aromatic rings. The first-order valence-electron chi connectivity index (χ1n) is 12.1. The van der Waals surface area contributed by atoms with Gasteiger partial charge in [0.15, 0.2) is 5.78 Å². The molecule has 0 bridgehead atoms. The fourth-order valence-corrected chi connectivity index (χ4v) is 3.58. The van der Waals surface area contributed by atoms with Crippen LogP contribution in [0, 0.1) is 0 Å². The second-order valence-corrected chi connectivity index (χ2v) is 8.37. The highest BCUT2D eigenvalue weighted by Crippen LogP contribution is 2.15. The van der Waals surface area contributed by atoms with Gasteiger partial charge >= 0.3 is 0 Å². The quantitative estimate of drug-likeness (QED) is 0.195. The first-order valence-corrected chi connectivity index (χ1v) is 12.1. The van der Waals surface area contributed by atoms with Crippen molar-refractivity contribution in [2.45, 2.75) is 0 Å². The van der Waals surface area contributed by atoms with Gasteiger partial charge in [0.1, 0.15) is 0 Å². The van der Waals surface area contributed by atoms with Crippen molar-refractivity contribution in [3.63, 3.8) is 0 Å². The molecule has 0 aromatic heterocycles. The molecule has 0 saturated carbocycles. The summed E-state index contributed by atoms with van der Waals surface area (Å²) in [6.07, 6.45) is 9.55. The molecule has 0 unspecified atom stereocenters. The lowest BCUT2D eigenvalue weighted by molar-refractivity contribution is -0.112. The third-order valence-electron chi connectivity index (χ3n) is 5.45. The number of carbonyl (C=O) groups is 3. The number of benzene rings is 4. The molecule has 0 spiro atoms. The lowest BCUT2D eigenvalue weighted by atomic mass is 10.1. The Kier molecular flexibility index (Phi) is 8.92. The molecule has 5 nitrogen and oxygen atoms in total. The molecule has 5 heteroatoms. The van der Waals surface area contributed by atoms with E-state index in [-0.39, 0.29) is 17.6 Å². The van der Waals surface area contributed by atoms with Gasteiger partial charge in [-0.3, -0.25) is 14.4 Å². The van der Waals surface area contributed by atoms with Crippen molar-refractivity contribution >= 4 is 47.2 Å². The summed E-state index contributed by atoms with van der Waals surface area (Å²) in [5, 5.41) is 5.61. The predicted molar refractivity (Wildman–Crippen MR) is 154 cm³/mol. The van der Waals surface area contributed by atoms with Crippen molar-refractivity contribution in [3.05, 3.63) is 150 Å². The van der Waals surface area contributed by atoms with Crippen molar-refractivity contribution in [2.24, 2.45) is 0 Å². The minimum absolute atomic E-state index is 0.207. The average molecular weight is 499 g/mol. The van der Waals surface area contributed by atoms with Crippen molar-refractivity contribution in [3.8, 4) is 0 Å². The molecule has 0 radical (unpaired) electrons. The van der Waals surface area contributed by atoms with Crippen LogP contribution in [0.5, 0.6) is 0 Å². The minimum atomic E-state index is -0.286. The third-order valence-corrected chi connectivity index (χ3v) is 5.45. The number of ketones is 1. The number of hydrogen-bond donors (Lipinski definition) is 2. The maximum absolute atomic E-state index is 12.8. The van der Waals surface area contributed by atoms with Crippen molar-refractivity contribution in [2.75, 3.05) is 10.6 Å². The monoisotopic (exact) mass is 498 g/mol. The van der Waals surface area contributed by atoms with Crippen molar-refractivity contribution in [1.82, 2.24) is 0 Å². The molecule has 0 atom stereocenters. The SMILES string of the molecule is O=C(C=Cc1ccccc1)Nc1cccc(C=CC(=O)c2cccc(NC(=O)C=Cc3ccccc3)c2)c1. The van der Waals surface area contributed by atoms with Crippen LogP contribution in [0.3, 0.4) is 0 Å². The topological polar surface area (TPSA) is 75.3 Å². The molecule has 0 aliphatic heterocycles. The van der Waals surface area contributed by atoms with Gasteiger partial charge < -0.3 is 10.6 Å². The molecule has 2 N–H and O–H groups in total. The van der Waals surface area contributed by atoms with Crippen molar-refractivity contribution in [1.29, 1.82) is 0 Å². The van der Waals surface area contributed by atoms with E-state index in [9.17, 15) is 14.4 Å². The fraction of sp³-hybridized carbons (Fsp3) is 0. The van der Waals surface area contributed by atoms with E-state index in [1.54, 1.807) is 60.7 Å². The molecule has 0 heterocycles. The lowest BCUT2D eigenvalue weighted by Crippen LogP contribution is -2.08. The number of nitrogens with one attached hydrogen (secondary N) is 2. The summed E-state index contributed by atoms with van der Waals surface area (Å²) in [6, 6.07) is 33.1. The summed E-state index contributed by atoms with van der Waals surface area (Å²) in [7, 11) is 0. The second kappa shape index (κ2) is 13.1. The maximum atomic E-state index is 12.8. The molecule has 38 heavy (non-hydrogen) atoms. The zero-order valence-corrected chi connectivity index (χ0v) is 20.6. The van der Waals surface area contributed by atoms with Gasteiger partial charge in [-0.05, 0) is 59.2 Å². The van der Waals surface area contributed by atoms with E-state index in [0.29, 0.717) is 16.9 Å². The summed E-state index contributed by atoms with van der Waals surface area (Å²) >= 11 is 0. The Morgan fingerprint density at radius 2 is 0.947 bits per heavy atom. The third kappa shape index (κ3) is 8.14. The normalized spacial score (nSPS) is 11.2. The Balaban J connectivity index is 1.35. The van der Waals surface area contributed by atoms with E-state index < -0.39 is 0 Å². The van der Waals surface area contributed by atoms with Gasteiger partial charge in [0.05, 0.1) is 0 Å². The number of allylic oxidation sites excluding steroid dienone is 1. The van der Waals surface area contributed by atoms with Crippen LogP contribution >= 0.6 is 0 Å². The van der Waals surface area contributed by atoms with E-state index in [1.165, 1.54) is 18.2 Å². The van der Waals surface area contributed by atoms with Crippen LogP contribution in [0.1, 0.15) is 27.0 Å². The fourth-order valence-electron chi connectivity index (χ4n) is 3.58. The number of amides is 2. The smallest absolute Gasteiger partial charge is 0.248 e.